The van der Waals surface area contributed by atoms with E-state index in [4.69, 9.17) is 15.7 Å². The van der Waals surface area contributed by atoms with Crippen LogP contribution in [0, 0.1) is 6.92 Å². The van der Waals surface area contributed by atoms with Gasteiger partial charge in [0.25, 0.3) is 0 Å². The van der Waals surface area contributed by atoms with E-state index in [0.29, 0.717) is 17.0 Å². The number of nitrogens with two attached hydrogens (primary N) is 1. The first-order valence-electron chi connectivity index (χ1n) is 5.33. The summed E-state index contributed by atoms with van der Waals surface area (Å²) in [5, 5.41) is 16.0. The molecular weight excluding hydrogens is 232 g/mol. The summed E-state index contributed by atoms with van der Waals surface area (Å²) in [4.78, 5) is 0. The van der Waals surface area contributed by atoms with Gasteiger partial charge in [0.15, 0.2) is 5.84 Å². The Bertz CT molecular complexity index is 590. The summed E-state index contributed by atoms with van der Waals surface area (Å²) in [5.41, 5.74) is 7.94. The quantitative estimate of drug-likeness (QED) is 0.370. The smallest absolute Gasteiger partial charge is 0.172 e. The molecule has 0 bridgehead atoms. The maximum Gasteiger partial charge on any atom is 0.172 e. The minimum atomic E-state index is 0.0285. The Kier molecular flexibility index (Phi) is 3.18. The van der Waals surface area contributed by atoms with Crippen molar-refractivity contribution in [2.75, 3.05) is 7.11 Å². The van der Waals surface area contributed by atoms with Gasteiger partial charge in [-0.1, -0.05) is 5.16 Å². The molecule has 2 aromatic rings. The number of rotatable bonds is 3. The van der Waals surface area contributed by atoms with Gasteiger partial charge in [-0.25, -0.2) is 4.68 Å². The van der Waals surface area contributed by atoms with Crippen molar-refractivity contribution in [3.8, 4) is 11.4 Å². The molecular formula is C12H14N4O2. The van der Waals surface area contributed by atoms with Crippen LogP contribution in [0.1, 0.15) is 11.1 Å². The molecule has 1 aromatic heterocycles. The van der Waals surface area contributed by atoms with Crippen molar-refractivity contribution in [3.05, 3.63) is 41.7 Å². The van der Waals surface area contributed by atoms with E-state index in [-0.39, 0.29) is 5.84 Å². The number of nitrogens with zero attached hydrogens (tertiary/aromatic N) is 3. The zero-order valence-electron chi connectivity index (χ0n) is 10.2. The standard InChI is InChI=1S/C12H14N4O2/c1-8-6-14-16(7-8)11-5-9(18-2)3-4-10(11)12(13)15-17/h3-7,17H,1-2H3,(H2,13,15). The lowest BCUT2D eigenvalue weighted by Gasteiger charge is -2.10. The number of aromatic nitrogens is 2. The molecule has 0 saturated carbocycles. The molecule has 0 radical (unpaired) electrons. The van der Waals surface area contributed by atoms with Gasteiger partial charge in [0, 0.05) is 17.8 Å². The maximum absolute atomic E-state index is 8.79. The molecule has 0 aliphatic carbocycles. The lowest BCUT2D eigenvalue weighted by molar-refractivity contribution is 0.318. The minimum absolute atomic E-state index is 0.0285. The van der Waals surface area contributed by atoms with Gasteiger partial charge in [0.2, 0.25) is 0 Å². The second-order valence-corrected chi connectivity index (χ2v) is 3.83. The fourth-order valence-electron chi connectivity index (χ4n) is 1.64. The van der Waals surface area contributed by atoms with Crippen LogP contribution in [0.3, 0.4) is 0 Å². The van der Waals surface area contributed by atoms with Crippen molar-refractivity contribution in [1.29, 1.82) is 0 Å². The second-order valence-electron chi connectivity index (χ2n) is 3.83. The monoisotopic (exact) mass is 246 g/mol. The Labute approximate surface area is 104 Å². The first-order valence-corrected chi connectivity index (χ1v) is 5.33. The predicted molar refractivity (Wildman–Crippen MR) is 67.4 cm³/mol. The second kappa shape index (κ2) is 4.79. The molecule has 0 amide bonds. The lowest BCUT2D eigenvalue weighted by Crippen LogP contribution is -2.16. The van der Waals surface area contributed by atoms with Crippen molar-refractivity contribution in [2.45, 2.75) is 6.92 Å². The number of benzene rings is 1. The Balaban J connectivity index is 2.61. The van der Waals surface area contributed by atoms with E-state index >= 15 is 0 Å². The lowest BCUT2D eigenvalue weighted by atomic mass is 10.1. The van der Waals surface area contributed by atoms with E-state index in [1.54, 1.807) is 36.2 Å². The molecule has 3 N–H and O–H groups in total. The number of methoxy groups -OCH3 is 1. The highest BCUT2D eigenvalue weighted by atomic mass is 16.5. The largest absolute Gasteiger partial charge is 0.497 e. The normalized spacial score (nSPS) is 11.6. The Morgan fingerprint density at radius 3 is 2.83 bits per heavy atom. The topological polar surface area (TPSA) is 85.7 Å². The molecule has 6 nitrogen and oxygen atoms in total. The van der Waals surface area contributed by atoms with Gasteiger partial charge in [-0.3, -0.25) is 0 Å². The predicted octanol–water partition coefficient (Wildman–Crippen LogP) is 1.28. The first kappa shape index (κ1) is 12.0. The number of ether oxygens (including phenoxy) is 1. The molecule has 1 heterocycles. The third-order valence-electron chi connectivity index (χ3n) is 2.55. The molecule has 2 rings (SSSR count). The maximum atomic E-state index is 8.79. The van der Waals surface area contributed by atoms with Crippen molar-refractivity contribution >= 4 is 5.84 Å². The Morgan fingerprint density at radius 2 is 2.28 bits per heavy atom. The van der Waals surface area contributed by atoms with Crippen molar-refractivity contribution in [2.24, 2.45) is 10.9 Å². The number of hydrogen-bond acceptors (Lipinski definition) is 4. The van der Waals surface area contributed by atoms with Crippen LogP contribution >= 0.6 is 0 Å². The molecule has 0 aliphatic rings. The van der Waals surface area contributed by atoms with Gasteiger partial charge < -0.3 is 15.7 Å². The fraction of sp³-hybridized carbons (Fsp3) is 0.167. The first-order chi connectivity index (χ1) is 8.65. The fourth-order valence-corrected chi connectivity index (χ4v) is 1.64. The molecule has 0 saturated heterocycles. The molecule has 0 unspecified atom stereocenters. The van der Waals surface area contributed by atoms with Gasteiger partial charge in [0.1, 0.15) is 5.75 Å². The van der Waals surface area contributed by atoms with E-state index in [9.17, 15) is 0 Å². The van der Waals surface area contributed by atoms with Gasteiger partial charge >= 0.3 is 0 Å². The summed E-state index contributed by atoms with van der Waals surface area (Å²) >= 11 is 0. The number of hydrogen-bond donors (Lipinski definition) is 2. The molecule has 0 aliphatic heterocycles. The van der Waals surface area contributed by atoms with Crippen LogP contribution in [0.15, 0.2) is 35.7 Å². The van der Waals surface area contributed by atoms with Gasteiger partial charge in [-0.2, -0.15) is 5.10 Å². The Morgan fingerprint density at radius 1 is 1.50 bits per heavy atom. The van der Waals surface area contributed by atoms with Crippen LogP contribution in [0.5, 0.6) is 5.75 Å². The third kappa shape index (κ3) is 2.13. The average Bonchev–Trinajstić information content (AvgIpc) is 2.83. The summed E-state index contributed by atoms with van der Waals surface area (Å²) in [6.07, 6.45) is 3.58. The summed E-state index contributed by atoms with van der Waals surface area (Å²) in [6, 6.07) is 5.24. The molecule has 18 heavy (non-hydrogen) atoms. The van der Waals surface area contributed by atoms with Crippen LogP contribution in [0.25, 0.3) is 5.69 Å². The van der Waals surface area contributed by atoms with E-state index in [2.05, 4.69) is 10.3 Å². The summed E-state index contributed by atoms with van der Waals surface area (Å²) < 4.78 is 6.83. The highest BCUT2D eigenvalue weighted by Crippen LogP contribution is 2.21. The van der Waals surface area contributed by atoms with Gasteiger partial charge in [0.05, 0.1) is 19.0 Å². The summed E-state index contributed by atoms with van der Waals surface area (Å²) in [7, 11) is 1.58. The number of aryl methyl sites for hydroxylation is 1. The molecule has 0 spiro atoms. The van der Waals surface area contributed by atoms with Crippen molar-refractivity contribution in [1.82, 2.24) is 9.78 Å². The summed E-state index contributed by atoms with van der Waals surface area (Å²) in [5.74, 6) is 0.702. The number of amidine groups is 1. The molecule has 0 atom stereocenters. The van der Waals surface area contributed by atoms with E-state index < -0.39 is 0 Å². The van der Waals surface area contributed by atoms with Crippen LogP contribution in [0.2, 0.25) is 0 Å². The highest BCUT2D eigenvalue weighted by Gasteiger charge is 2.11. The zero-order valence-corrected chi connectivity index (χ0v) is 10.2. The van der Waals surface area contributed by atoms with Crippen LogP contribution in [-0.2, 0) is 0 Å². The number of oxime groups is 1. The van der Waals surface area contributed by atoms with Gasteiger partial charge in [-0.05, 0) is 24.6 Å². The van der Waals surface area contributed by atoms with Gasteiger partial charge in [-0.15, -0.1) is 0 Å². The molecule has 0 fully saturated rings. The summed E-state index contributed by atoms with van der Waals surface area (Å²) in [6.45, 7) is 1.94. The zero-order chi connectivity index (χ0) is 13.1. The van der Waals surface area contributed by atoms with Crippen LogP contribution in [0.4, 0.5) is 0 Å². The van der Waals surface area contributed by atoms with Crippen molar-refractivity contribution in [3.63, 3.8) is 0 Å². The van der Waals surface area contributed by atoms with E-state index in [1.165, 1.54) is 0 Å². The molecule has 1 aromatic carbocycles. The third-order valence-corrected chi connectivity index (χ3v) is 2.55. The highest BCUT2D eigenvalue weighted by molar-refractivity contribution is 6.00. The van der Waals surface area contributed by atoms with Crippen molar-refractivity contribution < 1.29 is 9.94 Å². The van der Waals surface area contributed by atoms with Crippen LogP contribution in [-0.4, -0.2) is 27.9 Å². The SMILES string of the molecule is COc1ccc(/C(N)=N/O)c(-n2cc(C)cn2)c1. The van der Waals surface area contributed by atoms with Crippen LogP contribution < -0.4 is 10.5 Å². The van der Waals surface area contributed by atoms with E-state index in [0.717, 1.165) is 5.56 Å². The van der Waals surface area contributed by atoms with E-state index in [1.807, 2.05) is 13.1 Å². The molecule has 94 valence electrons. The average molecular weight is 246 g/mol. The Hall–Kier alpha value is -2.50. The minimum Gasteiger partial charge on any atom is -0.497 e. The molecule has 6 heteroatoms.